The third kappa shape index (κ3) is 8.85. The molecule has 0 saturated heterocycles. The van der Waals surface area contributed by atoms with Gasteiger partial charge in [0.15, 0.2) is 0 Å². The second kappa shape index (κ2) is 19.8. The first-order valence-corrected chi connectivity index (χ1v) is 22.0. The van der Waals surface area contributed by atoms with Crippen LogP contribution in [0, 0.1) is 0 Å². The van der Waals surface area contributed by atoms with Gasteiger partial charge in [-0.2, -0.15) is 0 Å². The summed E-state index contributed by atoms with van der Waals surface area (Å²) in [6, 6.07) is 77.2. The molecule has 0 fully saturated rings. The average Bonchev–Trinajstić information content (AvgIpc) is 3.36. The molecule has 316 valence electrons. The summed E-state index contributed by atoms with van der Waals surface area (Å²) in [7, 11) is 3.41. The maximum atomic E-state index is 6.69. The Labute approximate surface area is 373 Å². The van der Waals surface area contributed by atoms with Crippen LogP contribution < -0.4 is 18.9 Å². The molecular weight excluding hydrogens is 773 g/mol. The lowest BCUT2D eigenvalue weighted by Crippen LogP contribution is -2.31. The molecule has 0 bridgehead atoms. The van der Waals surface area contributed by atoms with E-state index in [0.717, 1.165) is 64.5 Å². The van der Waals surface area contributed by atoms with Crippen molar-refractivity contribution in [2.75, 3.05) is 14.2 Å². The molecule has 0 radical (unpaired) electrons. The Bertz CT molecular complexity index is 2510. The van der Waals surface area contributed by atoms with Crippen molar-refractivity contribution in [1.82, 2.24) is 0 Å². The molecule has 0 amide bonds. The minimum Gasteiger partial charge on any atom is -0.497 e. The predicted octanol–water partition coefficient (Wildman–Crippen LogP) is 13.9. The highest BCUT2D eigenvalue weighted by Crippen LogP contribution is 2.47. The van der Waals surface area contributed by atoms with Gasteiger partial charge >= 0.3 is 0 Å². The molecule has 0 saturated carbocycles. The van der Waals surface area contributed by atoms with Gasteiger partial charge in [-0.3, -0.25) is 0 Å². The van der Waals surface area contributed by atoms with Crippen molar-refractivity contribution in [2.24, 2.45) is 0 Å². The first-order valence-electron chi connectivity index (χ1n) is 22.0. The van der Waals surface area contributed by atoms with Crippen LogP contribution in [0.25, 0.3) is 0 Å². The lowest BCUT2D eigenvalue weighted by Gasteiger charge is -2.37. The van der Waals surface area contributed by atoms with Crippen LogP contribution in [-0.4, -0.2) is 26.4 Å². The van der Waals surface area contributed by atoms with Crippen molar-refractivity contribution in [3.63, 3.8) is 0 Å². The van der Waals surface area contributed by atoms with Gasteiger partial charge in [0, 0.05) is 0 Å². The highest BCUT2D eigenvalue weighted by Gasteiger charge is 2.39. The SMILES string of the molecule is CCC(CCC(C)Oc1ccc(C(c2ccccc2)(c2ccccc2)c2ccc(OC)cc2)cc1)Oc1ccc(C(c2ccccc2)(c2ccccc2)c2ccc(OC)cc2)cc1. The molecule has 8 rings (SSSR count). The number of hydrogen-bond donors (Lipinski definition) is 0. The van der Waals surface area contributed by atoms with E-state index in [0.29, 0.717) is 0 Å². The third-order valence-corrected chi connectivity index (χ3v) is 12.4. The molecule has 2 atom stereocenters. The summed E-state index contributed by atoms with van der Waals surface area (Å²) in [5, 5.41) is 0. The highest BCUT2D eigenvalue weighted by molar-refractivity contribution is 5.62. The van der Waals surface area contributed by atoms with Crippen LogP contribution in [0.3, 0.4) is 0 Å². The van der Waals surface area contributed by atoms with Gasteiger partial charge in [-0.05, 0) is 119 Å². The molecule has 8 aromatic rings. The standard InChI is InChI=1S/C59H56O4/c1-5-53(63-57-42-33-52(34-43-57)59(47-22-14-8-15-23-47,48-24-16-9-17-25-48)50-29-38-55(61-4)39-30-50)35-26-44(2)62-56-40-31-51(32-41-56)58(45-18-10-6-11-19-45,46-20-12-7-13-21-46)49-27-36-54(60-3)37-28-49/h6-25,27-34,36-44,53H,5,26,35H2,1-4H3. The summed E-state index contributed by atoms with van der Waals surface area (Å²) in [5.41, 5.74) is 8.28. The fourth-order valence-electron chi connectivity index (χ4n) is 9.25. The molecule has 0 heterocycles. The van der Waals surface area contributed by atoms with Crippen molar-refractivity contribution >= 4 is 0 Å². The fourth-order valence-corrected chi connectivity index (χ4v) is 9.25. The second-order valence-corrected chi connectivity index (χ2v) is 16.1. The Hall–Kier alpha value is -7.04. The summed E-state index contributed by atoms with van der Waals surface area (Å²) in [5.74, 6) is 3.36. The molecule has 0 aromatic heterocycles. The van der Waals surface area contributed by atoms with Crippen LogP contribution >= 0.6 is 0 Å². The zero-order valence-corrected chi connectivity index (χ0v) is 36.7. The monoisotopic (exact) mass is 828 g/mol. The van der Waals surface area contributed by atoms with Gasteiger partial charge in [-0.25, -0.2) is 0 Å². The first-order chi connectivity index (χ1) is 31.0. The Morgan fingerprint density at radius 1 is 0.333 bits per heavy atom. The van der Waals surface area contributed by atoms with Gasteiger partial charge < -0.3 is 18.9 Å². The van der Waals surface area contributed by atoms with E-state index >= 15 is 0 Å². The van der Waals surface area contributed by atoms with Crippen LogP contribution in [0.15, 0.2) is 218 Å². The molecule has 2 unspecified atom stereocenters. The van der Waals surface area contributed by atoms with Crippen molar-refractivity contribution in [1.29, 1.82) is 0 Å². The smallest absolute Gasteiger partial charge is 0.119 e. The number of methoxy groups -OCH3 is 2. The molecule has 0 N–H and O–H groups in total. The molecular formula is C59H56O4. The van der Waals surface area contributed by atoms with Crippen molar-refractivity contribution < 1.29 is 18.9 Å². The van der Waals surface area contributed by atoms with E-state index in [1.165, 1.54) is 22.3 Å². The van der Waals surface area contributed by atoms with Gasteiger partial charge in [0.05, 0.1) is 37.3 Å². The van der Waals surface area contributed by atoms with Crippen molar-refractivity contribution in [2.45, 2.75) is 56.1 Å². The van der Waals surface area contributed by atoms with E-state index in [9.17, 15) is 0 Å². The predicted molar refractivity (Wildman–Crippen MR) is 257 cm³/mol. The van der Waals surface area contributed by atoms with Crippen LogP contribution in [0.4, 0.5) is 0 Å². The number of benzene rings is 8. The topological polar surface area (TPSA) is 36.9 Å². The molecule has 0 aliphatic rings. The lowest BCUT2D eigenvalue weighted by atomic mass is 9.65. The Morgan fingerprint density at radius 2 is 0.603 bits per heavy atom. The van der Waals surface area contributed by atoms with E-state index in [1.54, 1.807) is 14.2 Å². The number of rotatable bonds is 18. The molecule has 0 aliphatic carbocycles. The summed E-state index contributed by atoms with van der Waals surface area (Å²) >= 11 is 0. The Kier molecular flexibility index (Phi) is 13.4. The van der Waals surface area contributed by atoms with Gasteiger partial charge in [-0.15, -0.1) is 0 Å². The van der Waals surface area contributed by atoms with E-state index in [1.807, 2.05) is 24.3 Å². The maximum absolute atomic E-state index is 6.69. The summed E-state index contributed by atoms with van der Waals surface area (Å²) in [4.78, 5) is 0. The second-order valence-electron chi connectivity index (χ2n) is 16.1. The minimum atomic E-state index is -0.553. The van der Waals surface area contributed by atoms with Gasteiger partial charge in [-0.1, -0.05) is 177 Å². The molecule has 0 spiro atoms. The van der Waals surface area contributed by atoms with E-state index in [4.69, 9.17) is 18.9 Å². The molecule has 8 aromatic carbocycles. The van der Waals surface area contributed by atoms with Gasteiger partial charge in [0.25, 0.3) is 0 Å². The molecule has 4 nitrogen and oxygen atoms in total. The lowest BCUT2D eigenvalue weighted by molar-refractivity contribution is 0.147. The zero-order chi connectivity index (χ0) is 43.5. The Morgan fingerprint density at radius 3 is 0.889 bits per heavy atom. The first kappa shape index (κ1) is 42.6. The number of ether oxygens (including phenoxy) is 4. The fraction of sp³-hybridized carbons (Fsp3) is 0.186. The minimum absolute atomic E-state index is 0.00711. The van der Waals surface area contributed by atoms with E-state index < -0.39 is 10.8 Å². The van der Waals surface area contributed by atoms with E-state index in [2.05, 4.69) is 208 Å². The summed E-state index contributed by atoms with van der Waals surface area (Å²) < 4.78 is 24.4. The van der Waals surface area contributed by atoms with Gasteiger partial charge in [0.2, 0.25) is 0 Å². The van der Waals surface area contributed by atoms with E-state index in [-0.39, 0.29) is 12.2 Å². The quantitative estimate of drug-likeness (QED) is 0.0808. The zero-order valence-electron chi connectivity index (χ0n) is 36.7. The Balaban J connectivity index is 0.997. The van der Waals surface area contributed by atoms with Crippen LogP contribution in [0.5, 0.6) is 23.0 Å². The largest absolute Gasteiger partial charge is 0.497 e. The molecule has 63 heavy (non-hydrogen) atoms. The van der Waals surface area contributed by atoms with Crippen molar-refractivity contribution in [3.8, 4) is 23.0 Å². The van der Waals surface area contributed by atoms with Gasteiger partial charge in [0.1, 0.15) is 23.0 Å². The molecule has 4 heteroatoms. The van der Waals surface area contributed by atoms with Crippen LogP contribution in [-0.2, 0) is 10.8 Å². The summed E-state index contributed by atoms with van der Waals surface area (Å²) in [6.07, 6.45) is 2.64. The summed E-state index contributed by atoms with van der Waals surface area (Å²) in [6.45, 7) is 4.34. The highest BCUT2D eigenvalue weighted by atomic mass is 16.5. The average molecular weight is 829 g/mol. The third-order valence-electron chi connectivity index (χ3n) is 12.4. The maximum Gasteiger partial charge on any atom is 0.119 e. The van der Waals surface area contributed by atoms with Crippen LogP contribution in [0.1, 0.15) is 77.6 Å². The van der Waals surface area contributed by atoms with Crippen LogP contribution in [0.2, 0.25) is 0 Å². The van der Waals surface area contributed by atoms with Crippen molar-refractivity contribution in [3.05, 3.63) is 263 Å². The molecule has 0 aliphatic heterocycles. The normalized spacial score (nSPS) is 12.5. The number of hydrogen-bond acceptors (Lipinski definition) is 4.